The molecule has 0 spiro atoms. The first kappa shape index (κ1) is 26.0. The van der Waals surface area contributed by atoms with Crippen molar-refractivity contribution < 1.29 is 29.4 Å². The number of imidazole rings is 1. The van der Waals surface area contributed by atoms with E-state index in [0.29, 0.717) is 12.1 Å². The fourth-order valence-electron chi connectivity index (χ4n) is 2.70. The van der Waals surface area contributed by atoms with Crippen LogP contribution in [0.1, 0.15) is 39.8 Å². The maximum atomic E-state index is 12.9. The van der Waals surface area contributed by atoms with Gasteiger partial charge in [-0.1, -0.05) is 20.3 Å². The molecule has 0 bridgehead atoms. The van der Waals surface area contributed by atoms with Crippen LogP contribution in [-0.4, -0.2) is 74.1 Å². The van der Waals surface area contributed by atoms with Gasteiger partial charge in [-0.25, -0.2) is 4.98 Å². The van der Waals surface area contributed by atoms with E-state index in [1.54, 1.807) is 6.92 Å². The summed E-state index contributed by atoms with van der Waals surface area (Å²) >= 11 is 0. The van der Waals surface area contributed by atoms with E-state index in [4.69, 9.17) is 10.8 Å². The number of nitrogens with zero attached hydrogens (tertiary/aromatic N) is 1. The number of nitrogens with two attached hydrogens (primary N) is 1. The Bertz CT molecular complexity index is 753. The summed E-state index contributed by atoms with van der Waals surface area (Å²) in [5.41, 5.74) is 6.59. The molecular weight excluding hydrogens is 408 g/mol. The summed E-state index contributed by atoms with van der Waals surface area (Å²) in [5.74, 6) is -3.68. The fourth-order valence-corrected chi connectivity index (χ4v) is 2.70. The third-order valence-corrected chi connectivity index (χ3v) is 4.92. The zero-order chi connectivity index (χ0) is 23.7. The standard InChI is InChI=1S/C19H32N6O6/c1-5-9(2)14(24-16(27)13(20)6-12-7-21-8-22-12)17(28)25-15(11(4)26)18(29)23-10(3)19(30)31/h7-11,13-15,26H,5-6,20H2,1-4H3,(H,21,22)(H,23,29)(H,24,27)(H,25,28)(H,30,31). The quantitative estimate of drug-likeness (QED) is 0.199. The number of rotatable bonds is 12. The second kappa shape index (κ2) is 12.0. The third-order valence-electron chi connectivity index (χ3n) is 4.92. The topological polar surface area (TPSA) is 200 Å². The first-order chi connectivity index (χ1) is 14.5. The fraction of sp³-hybridized carbons (Fsp3) is 0.632. The van der Waals surface area contributed by atoms with Gasteiger partial charge in [0.05, 0.1) is 18.5 Å². The normalized spacial score (nSPS) is 16.8. The van der Waals surface area contributed by atoms with Crippen LogP contribution in [-0.2, 0) is 25.6 Å². The van der Waals surface area contributed by atoms with E-state index in [-0.39, 0.29) is 12.3 Å². The van der Waals surface area contributed by atoms with Crippen molar-refractivity contribution in [3.8, 4) is 0 Å². The summed E-state index contributed by atoms with van der Waals surface area (Å²) in [6.45, 7) is 6.11. The van der Waals surface area contributed by atoms with Crippen LogP contribution in [0, 0.1) is 5.92 Å². The predicted molar refractivity (Wildman–Crippen MR) is 111 cm³/mol. The van der Waals surface area contributed by atoms with Gasteiger partial charge in [0.25, 0.3) is 0 Å². The Morgan fingerprint density at radius 1 is 1.06 bits per heavy atom. The van der Waals surface area contributed by atoms with E-state index in [0.717, 1.165) is 0 Å². The summed E-state index contributed by atoms with van der Waals surface area (Å²) < 4.78 is 0. The van der Waals surface area contributed by atoms with Gasteiger partial charge in [-0.05, 0) is 19.8 Å². The number of aromatic amines is 1. The molecule has 1 heterocycles. The van der Waals surface area contributed by atoms with Gasteiger partial charge in [0.1, 0.15) is 18.1 Å². The second-order valence-corrected chi connectivity index (χ2v) is 7.55. The average molecular weight is 441 g/mol. The zero-order valence-corrected chi connectivity index (χ0v) is 18.1. The highest BCUT2D eigenvalue weighted by Gasteiger charge is 2.33. The van der Waals surface area contributed by atoms with Crippen LogP contribution in [0.15, 0.2) is 12.5 Å². The van der Waals surface area contributed by atoms with E-state index in [2.05, 4.69) is 25.9 Å². The molecule has 0 saturated carbocycles. The number of carboxylic acid groups (broad SMARTS) is 1. The van der Waals surface area contributed by atoms with E-state index < -0.39 is 54.0 Å². The number of nitrogens with one attached hydrogen (secondary N) is 4. The molecule has 6 atom stereocenters. The number of aliphatic hydroxyl groups is 1. The van der Waals surface area contributed by atoms with Crippen molar-refractivity contribution in [2.45, 2.75) is 70.8 Å². The van der Waals surface area contributed by atoms with Crippen LogP contribution in [0.3, 0.4) is 0 Å². The minimum Gasteiger partial charge on any atom is -0.480 e. The molecule has 3 amide bonds. The minimum atomic E-state index is -1.41. The molecule has 0 fully saturated rings. The van der Waals surface area contributed by atoms with Gasteiger partial charge < -0.3 is 36.9 Å². The highest BCUT2D eigenvalue weighted by Crippen LogP contribution is 2.10. The van der Waals surface area contributed by atoms with Crippen molar-refractivity contribution >= 4 is 23.7 Å². The molecule has 1 rings (SSSR count). The Kier molecular flexibility index (Phi) is 10.1. The Morgan fingerprint density at radius 2 is 1.65 bits per heavy atom. The van der Waals surface area contributed by atoms with Crippen molar-refractivity contribution in [2.75, 3.05) is 0 Å². The summed E-state index contributed by atoms with van der Waals surface area (Å²) in [6.07, 6.45) is 2.42. The smallest absolute Gasteiger partial charge is 0.325 e. The highest BCUT2D eigenvalue weighted by atomic mass is 16.4. The number of aliphatic carboxylic acids is 1. The number of aliphatic hydroxyl groups excluding tert-OH is 1. The number of carboxylic acids is 1. The number of carbonyl (C=O) groups is 4. The Labute approximate surface area is 180 Å². The third kappa shape index (κ3) is 7.98. The number of carbonyl (C=O) groups excluding carboxylic acids is 3. The average Bonchev–Trinajstić information content (AvgIpc) is 3.21. The van der Waals surface area contributed by atoms with Gasteiger partial charge in [0, 0.05) is 18.3 Å². The number of aromatic nitrogens is 2. The SMILES string of the molecule is CCC(C)C(NC(=O)C(N)Cc1cnc[nH]1)C(=O)NC(C(=O)NC(C)C(=O)O)C(C)O. The van der Waals surface area contributed by atoms with Crippen molar-refractivity contribution in [3.63, 3.8) is 0 Å². The molecule has 1 aromatic heterocycles. The zero-order valence-electron chi connectivity index (χ0n) is 18.1. The predicted octanol–water partition coefficient (Wildman–Crippen LogP) is -1.73. The van der Waals surface area contributed by atoms with Gasteiger partial charge in [-0.2, -0.15) is 0 Å². The molecular formula is C19H32N6O6. The molecule has 0 aromatic carbocycles. The minimum absolute atomic E-state index is 0.187. The number of hydrogen-bond donors (Lipinski definition) is 7. The van der Waals surface area contributed by atoms with E-state index >= 15 is 0 Å². The van der Waals surface area contributed by atoms with Crippen molar-refractivity contribution in [1.82, 2.24) is 25.9 Å². The molecule has 6 unspecified atom stereocenters. The lowest BCUT2D eigenvalue weighted by Crippen LogP contribution is -2.60. The molecule has 0 saturated heterocycles. The first-order valence-electron chi connectivity index (χ1n) is 10.0. The molecule has 8 N–H and O–H groups in total. The molecule has 1 aromatic rings. The van der Waals surface area contributed by atoms with E-state index in [9.17, 15) is 24.3 Å². The van der Waals surface area contributed by atoms with Crippen LogP contribution >= 0.6 is 0 Å². The Morgan fingerprint density at radius 3 is 2.13 bits per heavy atom. The first-order valence-corrected chi connectivity index (χ1v) is 10.0. The van der Waals surface area contributed by atoms with Crippen LogP contribution in [0.4, 0.5) is 0 Å². The molecule has 12 nitrogen and oxygen atoms in total. The molecule has 12 heteroatoms. The number of hydrogen-bond acceptors (Lipinski definition) is 7. The lowest BCUT2D eigenvalue weighted by atomic mass is 9.97. The molecule has 0 aliphatic rings. The Balaban J connectivity index is 2.88. The summed E-state index contributed by atoms with van der Waals surface area (Å²) in [5, 5.41) is 26.1. The molecule has 31 heavy (non-hydrogen) atoms. The van der Waals surface area contributed by atoms with Gasteiger partial charge in [-0.15, -0.1) is 0 Å². The lowest BCUT2D eigenvalue weighted by Gasteiger charge is -2.28. The van der Waals surface area contributed by atoms with E-state index in [1.807, 2.05) is 6.92 Å². The summed E-state index contributed by atoms with van der Waals surface area (Å²) in [4.78, 5) is 55.4. The summed E-state index contributed by atoms with van der Waals surface area (Å²) in [6, 6.07) is -4.57. The van der Waals surface area contributed by atoms with Crippen LogP contribution < -0.4 is 21.7 Å². The monoisotopic (exact) mass is 440 g/mol. The van der Waals surface area contributed by atoms with Crippen molar-refractivity contribution in [2.24, 2.45) is 11.7 Å². The van der Waals surface area contributed by atoms with E-state index in [1.165, 1.54) is 26.4 Å². The van der Waals surface area contributed by atoms with Gasteiger partial charge >= 0.3 is 5.97 Å². The molecule has 0 aliphatic heterocycles. The summed E-state index contributed by atoms with van der Waals surface area (Å²) in [7, 11) is 0. The van der Waals surface area contributed by atoms with Crippen LogP contribution in [0.2, 0.25) is 0 Å². The molecule has 0 radical (unpaired) electrons. The molecule has 0 aliphatic carbocycles. The number of H-pyrrole nitrogens is 1. The largest absolute Gasteiger partial charge is 0.480 e. The maximum Gasteiger partial charge on any atom is 0.325 e. The van der Waals surface area contributed by atoms with Gasteiger partial charge in [0.15, 0.2) is 0 Å². The van der Waals surface area contributed by atoms with Gasteiger partial charge in [0.2, 0.25) is 17.7 Å². The van der Waals surface area contributed by atoms with Gasteiger partial charge in [-0.3, -0.25) is 19.2 Å². The lowest BCUT2D eigenvalue weighted by molar-refractivity contribution is -0.142. The number of amides is 3. The van der Waals surface area contributed by atoms with Crippen LogP contribution in [0.5, 0.6) is 0 Å². The Hall–Kier alpha value is -2.99. The maximum absolute atomic E-state index is 12.9. The van der Waals surface area contributed by atoms with Crippen molar-refractivity contribution in [3.05, 3.63) is 18.2 Å². The second-order valence-electron chi connectivity index (χ2n) is 7.55. The molecule has 174 valence electrons. The highest BCUT2D eigenvalue weighted by molar-refractivity contribution is 5.94. The van der Waals surface area contributed by atoms with Crippen LogP contribution in [0.25, 0.3) is 0 Å². The van der Waals surface area contributed by atoms with Crippen molar-refractivity contribution in [1.29, 1.82) is 0 Å².